The summed E-state index contributed by atoms with van der Waals surface area (Å²) in [6.07, 6.45) is 45.4. The number of esters is 1. The first-order valence-corrected chi connectivity index (χ1v) is 21.0. The van der Waals surface area contributed by atoms with E-state index in [0.29, 0.717) is 26.0 Å². The SMILES string of the molecule is CCCCCCCCCCCCCCCCCCCCCCCCOC(=O)CCN(C)C(=O)CCCCCCCCCCCCC. The Kier molecular flexibility index (Phi) is 37.5. The molecule has 1 amide bonds. The van der Waals surface area contributed by atoms with E-state index in [1.54, 1.807) is 4.90 Å². The van der Waals surface area contributed by atoms with E-state index in [0.717, 1.165) is 25.7 Å². The van der Waals surface area contributed by atoms with Crippen molar-refractivity contribution < 1.29 is 14.3 Å². The van der Waals surface area contributed by atoms with Gasteiger partial charge in [-0.15, -0.1) is 0 Å². The van der Waals surface area contributed by atoms with Gasteiger partial charge in [0.25, 0.3) is 0 Å². The van der Waals surface area contributed by atoms with Gasteiger partial charge in [-0.25, -0.2) is 0 Å². The van der Waals surface area contributed by atoms with Crippen LogP contribution in [0.3, 0.4) is 0 Å². The summed E-state index contributed by atoms with van der Waals surface area (Å²) < 4.78 is 5.41. The molecule has 0 unspecified atom stereocenters. The summed E-state index contributed by atoms with van der Waals surface area (Å²) in [6.45, 7) is 5.55. The van der Waals surface area contributed by atoms with Crippen molar-refractivity contribution in [2.24, 2.45) is 0 Å². The van der Waals surface area contributed by atoms with E-state index in [1.807, 2.05) is 7.05 Å². The van der Waals surface area contributed by atoms with Gasteiger partial charge in [0, 0.05) is 20.0 Å². The number of unbranched alkanes of at least 4 members (excludes halogenated alkanes) is 31. The first-order valence-electron chi connectivity index (χ1n) is 21.0. The molecule has 0 radical (unpaired) electrons. The number of hydrogen-bond donors (Lipinski definition) is 0. The summed E-state index contributed by atoms with van der Waals surface area (Å²) in [5, 5.41) is 0. The zero-order valence-electron chi connectivity index (χ0n) is 31.8. The van der Waals surface area contributed by atoms with Crippen LogP contribution < -0.4 is 0 Å². The Morgan fingerprint density at radius 2 is 0.674 bits per heavy atom. The Hall–Kier alpha value is -1.06. The number of carbonyl (C=O) groups is 2. The predicted molar refractivity (Wildman–Crippen MR) is 202 cm³/mol. The van der Waals surface area contributed by atoms with Crippen LogP contribution in [0.4, 0.5) is 0 Å². The van der Waals surface area contributed by atoms with Crippen molar-refractivity contribution in [3.63, 3.8) is 0 Å². The van der Waals surface area contributed by atoms with Crippen LogP contribution in [-0.2, 0) is 14.3 Å². The zero-order valence-corrected chi connectivity index (χ0v) is 31.8. The highest BCUT2D eigenvalue weighted by molar-refractivity contribution is 5.77. The Morgan fingerprint density at radius 3 is 1.00 bits per heavy atom. The normalized spacial score (nSPS) is 11.3. The molecule has 0 spiro atoms. The Labute approximate surface area is 289 Å². The fraction of sp³-hybridized carbons (Fsp3) is 0.952. The molecule has 0 heterocycles. The van der Waals surface area contributed by atoms with E-state index < -0.39 is 0 Å². The number of nitrogens with zero attached hydrogens (tertiary/aromatic N) is 1. The molecule has 274 valence electrons. The van der Waals surface area contributed by atoms with Crippen molar-refractivity contribution in [1.29, 1.82) is 0 Å². The Bertz CT molecular complexity index is 622. The first kappa shape index (κ1) is 44.9. The number of ether oxygens (including phenoxy) is 1. The number of carbonyl (C=O) groups excluding carboxylic acids is 2. The van der Waals surface area contributed by atoms with Crippen molar-refractivity contribution in [3.8, 4) is 0 Å². The lowest BCUT2D eigenvalue weighted by molar-refractivity contribution is -0.144. The third-order valence-corrected chi connectivity index (χ3v) is 9.83. The van der Waals surface area contributed by atoms with Gasteiger partial charge >= 0.3 is 5.97 Å². The van der Waals surface area contributed by atoms with Gasteiger partial charge in [0.2, 0.25) is 5.91 Å². The number of rotatable bonds is 38. The van der Waals surface area contributed by atoms with Crippen molar-refractivity contribution in [2.45, 2.75) is 239 Å². The van der Waals surface area contributed by atoms with Crippen LogP contribution in [0.2, 0.25) is 0 Å². The molecular formula is C42H83NO3. The summed E-state index contributed by atoms with van der Waals surface area (Å²) in [7, 11) is 1.81. The molecule has 0 atom stereocenters. The molecule has 0 aliphatic rings. The van der Waals surface area contributed by atoms with Gasteiger partial charge in [0.1, 0.15) is 0 Å². The summed E-state index contributed by atoms with van der Waals surface area (Å²) >= 11 is 0. The number of hydrogen-bond acceptors (Lipinski definition) is 3. The zero-order chi connectivity index (χ0) is 33.6. The van der Waals surface area contributed by atoms with Crippen molar-refractivity contribution in [3.05, 3.63) is 0 Å². The van der Waals surface area contributed by atoms with Gasteiger partial charge in [-0.2, -0.15) is 0 Å². The molecule has 0 N–H and O–H groups in total. The van der Waals surface area contributed by atoms with Crippen LogP contribution in [-0.4, -0.2) is 37.0 Å². The monoisotopic (exact) mass is 650 g/mol. The lowest BCUT2D eigenvalue weighted by atomic mass is 10.0. The third-order valence-electron chi connectivity index (χ3n) is 9.83. The molecule has 46 heavy (non-hydrogen) atoms. The molecule has 0 aromatic rings. The average Bonchev–Trinajstić information content (AvgIpc) is 3.06. The van der Waals surface area contributed by atoms with E-state index in [9.17, 15) is 9.59 Å². The van der Waals surface area contributed by atoms with Crippen LogP contribution in [0.5, 0.6) is 0 Å². The van der Waals surface area contributed by atoms with Crippen LogP contribution >= 0.6 is 0 Å². The van der Waals surface area contributed by atoms with Gasteiger partial charge < -0.3 is 9.64 Å². The second-order valence-corrected chi connectivity index (χ2v) is 14.5. The maximum Gasteiger partial charge on any atom is 0.307 e. The summed E-state index contributed by atoms with van der Waals surface area (Å²) in [5.74, 6) is -0.0128. The highest BCUT2D eigenvalue weighted by Gasteiger charge is 2.11. The molecule has 0 fully saturated rings. The van der Waals surface area contributed by atoms with E-state index in [2.05, 4.69) is 13.8 Å². The number of amides is 1. The van der Waals surface area contributed by atoms with E-state index in [-0.39, 0.29) is 11.9 Å². The molecule has 0 aliphatic carbocycles. The first-order chi connectivity index (χ1) is 22.6. The molecule has 0 bridgehead atoms. The third kappa shape index (κ3) is 35.8. The minimum absolute atomic E-state index is 0.156. The van der Waals surface area contributed by atoms with Crippen LogP contribution in [0.25, 0.3) is 0 Å². The molecule has 4 heteroatoms. The Balaban J connectivity index is 3.33. The topological polar surface area (TPSA) is 46.6 Å². The lowest BCUT2D eigenvalue weighted by Crippen LogP contribution is -2.29. The summed E-state index contributed by atoms with van der Waals surface area (Å²) in [4.78, 5) is 26.1. The van der Waals surface area contributed by atoms with Gasteiger partial charge in [0.05, 0.1) is 13.0 Å². The standard InChI is InChI=1S/C42H83NO3/c1-4-6-8-10-12-14-16-17-18-19-20-21-22-23-24-25-26-28-30-32-34-36-40-46-42(45)38-39-43(3)41(44)37-35-33-31-29-27-15-13-11-9-7-5-2/h4-40H2,1-3H3. The van der Waals surface area contributed by atoms with Crippen molar-refractivity contribution >= 4 is 11.9 Å². The van der Waals surface area contributed by atoms with Gasteiger partial charge in [-0.3, -0.25) is 9.59 Å². The van der Waals surface area contributed by atoms with E-state index >= 15 is 0 Å². The van der Waals surface area contributed by atoms with Crippen molar-refractivity contribution in [2.75, 3.05) is 20.2 Å². The van der Waals surface area contributed by atoms with Gasteiger partial charge in [-0.05, 0) is 12.8 Å². The molecule has 0 saturated carbocycles. The minimum Gasteiger partial charge on any atom is -0.466 e. The molecular weight excluding hydrogens is 566 g/mol. The van der Waals surface area contributed by atoms with Crippen LogP contribution in [0.1, 0.15) is 239 Å². The fourth-order valence-electron chi connectivity index (χ4n) is 6.48. The second-order valence-electron chi connectivity index (χ2n) is 14.5. The maximum atomic E-state index is 12.4. The molecule has 0 aromatic heterocycles. The molecule has 0 aliphatic heterocycles. The summed E-state index contributed by atoms with van der Waals surface area (Å²) in [6, 6.07) is 0. The van der Waals surface area contributed by atoms with Crippen LogP contribution in [0, 0.1) is 0 Å². The lowest BCUT2D eigenvalue weighted by Gasteiger charge is -2.16. The second kappa shape index (κ2) is 38.4. The largest absolute Gasteiger partial charge is 0.466 e. The molecule has 0 rings (SSSR count). The van der Waals surface area contributed by atoms with Crippen molar-refractivity contribution in [1.82, 2.24) is 4.90 Å². The van der Waals surface area contributed by atoms with E-state index in [1.165, 1.54) is 186 Å². The quantitative estimate of drug-likeness (QED) is 0.0494. The smallest absolute Gasteiger partial charge is 0.307 e. The fourth-order valence-corrected chi connectivity index (χ4v) is 6.48. The predicted octanol–water partition coefficient (Wildman–Crippen LogP) is 13.7. The van der Waals surface area contributed by atoms with Gasteiger partial charge in [0.15, 0.2) is 0 Å². The molecule has 0 aromatic carbocycles. The average molecular weight is 650 g/mol. The Morgan fingerprint density at radius 1 is 0.391 bits per heavy atom. The van der Waals surface area contributed by atoms with Gasteiger partial charge in [-0.1, -0.05) is 213 Å². The maximum absolute atomic E-state index is 12.4. The van der Waals surface area contributed by atoms with E-state index in [4.69, 9.17) is 4.74 Å². The molecule has 0 saturated heterocycles. The summed E-state index contributed by atoms with van der Waals surface area (Å²) in [5.41, 5.74) is 0. The highest BCUT2D eigenvalue weighted by atomic mass is 16.5. The highest BCUT2D eigenvalue weighted by Crippen LogP contribution is 2.16. The van der Waals surface area contributed by atoms with Crippen LogP contribution in [0.15, 0.2) is 0 Å². The molecule has 4 nitrogen and oxygen atoms in total. The minimum atomic E-state index is -0.169.